The third-order valence-corrected chi connectivity index (χ3v) is 2.97. The molecule has 0 aromatic carbocycles. The van der Waals surface area contributed by atoms with Crippen LogP contribution in [0.2, 0.25) is 0 Å². The average molecular weight is 260 g/mol. The Morgan fingerprint density at radius 1 is 1.57 bits per heavy atom. The molecule has 0 bridgehead atoms. The van der Waals surface area contributed by atoms with Crippen LogP contribution in [0.4, 0.5) is 0 Å². The lowest BCUT2D eigenvalue weighted by Gasteiger charge is -2.19. The molecule has 80 valence electrons. The van der Waals surface area contributed by atoms with Crippen LogP contribution in [0.15, 0.2) is 10.7 Å². The van der Waals surface area contributed by atoms with Gasteiger partial charge in [-0.25, -0.2) is 0 Å². The van der Waals surface area contributed by atoms with Gasteiger partial charge in [0.1, 0.15) is 0 Å². The van der Waals surface area contributed by atoms with Gasteiger partial charge in [-0.05, 0) is 43.2 Å². The van der Waals surface area contributed by atoms with Gasteiger partial charge in [0, 0.05) is 12.1 Å². The van der Waals surface area contributed by atoms with E-state index >= 15 is 0 Å². The summed E-state index contributed by atoms with van der Waals surface area (Å²) in [5.41, 5.74) is 1.24. The fourth-order valence-electron chi connectivity index (χ4n) is 1.62. The maximum atomic E-state index is 4.36. The first-order valence-corrected chi connectivity index (χ1v) is 5.81. The van der Waals surface area contributed by atoms with Crippen LogP contribution in [-0.4, -0.2) is 16.8 Å². The quantitative estimate of drug-likeness (QED) is 0.902. The molecule has 0 spiro atoms. The van der Waals surface area contributed by atoms with Crippen molar-refractivity contribution >= 4 is 15.9 Å². The van der Waals surface area contributed by atoms with Crippen LogP contribution in [-0.2, 0) is 0 Å². The fraction of sp³-hybridized carbons (Fsp3) is 0.700. The van der Waals surface area contributed by atoms with E-state index in [1.165, 1.54) is 5.69 Å². The number of hydrogen-bond acceptors (Lipinski definition) is 2. The summed E-state index contributed by atoms with van der Waals surface area (Å²) >= 11 is 3.54. The second kappa shape index (κ2) is 4.94. The molecule has 3 nitrogen and oxygen atoms in total. The van der Waals surface area contributed by atoms with E-state index in [-0.39, 0.29) is 0 Å². The molecule has 0 fully saturated rings. The van der Waals surface area contributed by atoms with Gasteiger partial charge in [0.05, 0.1) is 16.4 Å². The van der Waals surface area contributed by atoms with Crippen LogP contribution < -0.4 is 5.32 Å². The van der Waals surface area contributed by atoms with Gasteiger partial charge in [0.15, 0.2) is 0 Å². The Morgan fingerprint density at radius 3 is 2.64 bits per heavy atom. The van der Waals surface area contributed by atoms with E-state index in [0.29, 0.717) is 12.1 Å². The van der Waals surface area contributed by atoms with Crippen molar-refractivity contribution in [1.82, 2.24) is 15.1 Å². The van der Waals surface area contributed by atoms with Crippen molar-refractivity contribution in [3.8, 4) is 0 Å². The highest BCUT2D eigenvalue weighted by Gasteiger charge is 2.18. The zero-order valence-corrected chi connectivity index (χ0v) is 10.8. The largest absolute Gasteiger partial charge is 0.312 e. The summed E-state index contributed by atoms with van der Waals surface area (Å²) in [4.78, 5) is 0. The maximum Gasteiger partial charge on any atom is 0.0698 e. The van der Waals surface area contributed by atoms with Crippen molar-refractivity contribution in [3.63, 3.8) is 0 Å². The van der Waals surface area contributed by atoms with Gasteiger partial charge in [-0.2, -0.15) is 5.10 Å². The highest BCUT2D eigenvalue weighted by Crippen LogP contribution is 2.27. The Bertz CT molecular complexity index is 290. The molecule has 1 atom stereocenters. The first-order valence-electron chi connectivity index (χ1n) is 5.02. The lowest BCUT2D eigenvalue weighted by molar-refractivity contribution is 0.454. The van der Waals surface area contributed by atoms with Gasteiger partial charge < -0.3 is 5.32 Å². The van der Waals surface area contributed by atoms with E-state index in [9.17, 15) is 0 Å². The predicted octanol–water partition coefficient (Wildman–Crippen LogP) is 2.90. The van der Waals surface area contributed by atoms with E-state index in [1.807, 2.05) is 13.2 Å². The maximum absolute atomic E-state index is 4.36. The third kappa shape index (κ3) is 2.17. The lowest BCUT2D eigenvalue weighted by Crippen LogP contribution is -2.21. The van der Waals surface area contributed by atoms with Crippen molar-refractivity contribution in [2.45, 2.75) is 39.3 Å². The molecule has 0 saturated heterocycles. The van der Waals surface area contributed by atoms with Crippen molar-refractivity contribution in [1.29, 1.82) is 0 Å². The number of aromatic nitrogens is 2. The molecule has 1 N–H and O–H groups in total. The van der Waals surface area contributed by atoms with Crippen LogP contribution in [0.3, 0.4) is 0 Å². The van der Waals surface area contributed by atoms with Crippen LogP contribution >= 0.6 is 15.9 Å². The summed E-state index contributed by atoms with van der Waals surface area (Å²) in [6, 6.07) is 0.771. The smallest absolute Gasteiger partial charge is 0.0698 e. The second-order valence-electron chi connectivity index (χ2n) is 3.67. The van der Waals surface area contributed by atoms with Gasteiger partial charge in [-0.1, -0.05) is 6.92 Å². The zero-order chi connectivity index (χ0) is 10.7. The molecule has 1 aromatic rings. The highest BCUT2D eigenvalue weighted by atomic mass is 79.9. The van der Waals surface area contributed by atoms with Crippen molar-refractivity contribution < 1.29 is 0 Å². The molecule has 1 heterocycles. The molecule has 1 rings (SSSR count). The topological polar surface area (TPSA) is 29.9 Å². The Labute approximate surface area is 94.0 Å². The van der Waals surface area contributed by atoms with E-state index in [4.69, 9.17) is 0 Å². The molecular weight excluding hydrogens is 242 g/mol. The molecular formula is C10H18BrN3. The van der Waals surface area contributed by atoms with Crippen molar-refractivity contribution in [2.24, 2.45) is 0 Å². The van der Waals surface area contributed by atoms with Crippen LogP contribution in [0, 0.1) is 0 Å². The molecule has 0 radical (unpaired) electrons. The Balaban J connectivity index is 3.09. The van der Waals surface area contributed by atoms with E-state index in [1.54, 1.807) is 0 Å². The van der Waals surface area contributed by atoms with Crippen molar-refractivity contribution in [2.75, 3.05) is 7.05 Å². The molecule has 0 aliphatic rings. The summed E-state index contributed by atoms with van der Waals surface area (Å²) in [6.45, 7) is 6.46. The molecule has 1 aromatic heterocycles. The minimum Gasteiger partial charge on any atom is -0.312 e. The third-order valence-electron chi connectivity index (χ3n) is 2.36. The standard InChI is InChI=1S/C10H18BrN3/c1-5-9(12-4)10-8(11)6-13-14(10)7(2)3/h6-7,9,12H,5H2,1-4H3. The number of nitrogens with one attached hydrogen (secondary N) is 1. The number of halogens is 1. The fourth-order valence-corrected chi connectivity index (χ4v) is 2.17. The summed E-state index contributed by atoms with van der Waals surface area (Å²) in [5, 5.41) is 7.66. The molecule has 0 aliphatic heterocycles. The Hall–Kier alpha value is -0.350. The summed E-state index contributed by atoms with van der Waals surface area (Å²) in [7, 11) is 1.98. The number of rotatable bonds is 4. The molecule has 14 heavy (non-hydrogen) atoms. The van der Waals surface area contributed by atoms with Crippen molar-refractivity contribution in [3.05, 3.63) is 16.4 Å². The van der Waals surface area contributed by atoms with Gasteiger partial charge >= 0.3 is 0 Å². The summed E-state index contributed by atoms with van der Waals surface area (Å²) < 4.78 is 3.15. The predicted molar refractivity (Wildman–Crippen MR) is 62.4 cm³/mol. The lowest BCUT2D eigenvalue weighted by atomic mass is 10.1. The first kappa shape index (κ1) is 11.7. The van der Waals surface area contributed by atoms with Crippen LogP contribution in [0.1, 0.15) is 45.0 Å². The van der Waals surface area contributed by atoms with Crippen LogP contribution in [0.25, 0.3) is 0 Å². The van der Waals surface area contributed by atoms with E-state index in [0.717, 1.165) is 10.9 Å². The SMILES string of the molecule is CCC(NC)c1c(Br)cnn1C(C)C. The minimum absolute atomic E-state index is 0.370. The Kier molecular flexibility index (Phi) is 4.13. The molecule has 4 heteroatoms. The average Bonchev–Trinajstić information content (AvgIpc) is 2.51. The minimum atomic E-state index is 0.370. The summed E-state index contributed by atoms with van der Waals surface area (Å²) in [5.74, 6) is 0. The zero-order valence-electron chi connectivity index (χ0n) is 9.21. The van der Waals surface area contributed by atoms with E-state index in [2.05, 4.69) is 51.8 Å². The molecule has 0 saturated carbocycles. The van der Waals surface area contributed by atoms with E-state index < -0.39 is 0 Å². The first-order chi connectivity index (χ1) is 6.61. The molecule has 0 aliphatic carbocycles. The number of nitrogens with zero attached hydrogens (tertiary/aromatic N) is 2. The van der Waals surface area contributed by atoms with Gasteiger partial charge in [0.2, 0.25) is 0 Å². The second-order valence-corrected chi connectivity index (χ2v) is 4.52. The van der Waals surface area contributed by atoms with Crippen LogP contribution in [0.5, 0.6) is 0 Å². The molecule has 0 amide bonds. The summed E-state index contributed by atoms with van der Waals surface area (Å²) in [6.07, 6.45) is 2.93. The van der Waals surface area contributed by atoms with Gasteiger partial charge in [-0.3, -0.25) is 4.68 Å². The van der Waals surface area contributed by atoms with Gasteiger partial charge in [-0.15, -0.1) is 0 Å². The highest BCUT2D eigenvalue weighted by molar-refractivity contribution is 9.10. The molecule has 1 unspecified atom stereocenters. The number of hydrogen-bond donors (Lipinski definition) is 1. The normalized spacial score (nSPS) is 13.6. The van der Waals surface area contributed by atoms with Gasteiger partial charge in [0.25, 0.3) is 0 Å². The Morgan fingerprint density at radius 2 is 2.21 bits per heavy atom. The monoisotopic (exact) mass is 259 g/mol.